The highest BCUT2D eigenvalue weighted by atomic mass is 16.3. The molecule has 0 aliphatic carbocycles. The van der Waals surface area contributed by atoms with E-state index in [0.29, 0.717) is 18.0 Å². The van der Waals surface area contributed by atoms with Crippen LogP contribution in [0.2, 0.25) is 0 Å². The van der Waals surface area contributed by atoms with Crippen molar-refractivity contribution in [2.24, 2.45) is 5.92 Å². The number of amides is 2. The predicted molar refractivity (Wildman–Crippen MR) is 92.3 cm³/mol. The fraction of sp³-hybridized carbons (Fsp3) is 0.556. The van der Waals surface area contributed by atoms with Gasteiger partial charge in [-0.05, 0) is 42.4 Å². The number of carbonyl (C=O) groups is 2. The molecule has 1 unspecified atom stereocenters. The lowest BCUT2D eigenvalue weighted by molar-refractivity contribution is -0.136. The quantitative estimate of drug-likeness (QED) is 0.674. The highest BCUT2D eigenvalue weighted by molar-refractivity contribution is 6.39. The molecule has 0 radical (unpaired) electrons. The Morgan fingerprint density at radius 3 is 2.35 bits per heavy atom. The van der Waals surface area contributed by atoms with Gasteiger partial charge in [0.15, 0.2) is 0 Å². The maximum atomic E-state index is 12.1. The smallest absolute Gasteiger partial charge is 0.313 e. The van der Waals surface area contributed by atoms with E-state index in [9.17, 15) is 14.7 Å². The molecule has 0 bridgehead atoms. The summed E-state index contributed by atoms with van der Waals surface area (Å²) in [4.78, 5) is 24.1. The number of carbonyl (C=O) groups excluding carboxylic acids is 2. The van der Waals surface area contributed by atoms with Crippen molar-refractivity contribution in [1.29, 1.82) is 0 Å². The Morgan fingerprint density at radius 1 is 1.13 bits per heavy atom. The molecule has 23 heavy (non-hydrogen) atoms. The van der Waals surface area contributed by atoms with Gasteiger partial charge in [-0.1, -0.05) is 39.8 Å². The Hall–Kier alpha value is -1.88. The predicted octanol–water partition coefficient (Wildman–Crippen LogP) is 2.27. The Kier molecular flexibility index (Phi) is 7.75. The zero-order valence-electron chi connectivity index (χ0n) is 14.5. The van der Waals surface area contributed by atoms with Crippen LogP contribution in [0.5, 0.6) is 0 Å². The van der Waals surface area contributed by atoms with Gasteiger partial charge in [0.1, 0.15) is 0 Å². The van der Waals surface area contributed by atoms with E-state index in [-0.39, 0.29) is 6.61 Å². The number of benzene rings is 1. The standard InChI is InChI=1S/C18H28N2O3/c1-5-13-7-8-14(6-2)16(10-13)20-18(23)17(22)19-15(11-21)9-12(3)4/h7-8,10,12,15,21H,5-6,9,11H2,1-4H3,(H,19,22)(H,20,23). The molecule has 5 nitrogen and oxygen atoms in total. The molecule has 1 rings (SSSR count). The maximum absolute atomic E-state index is 12.1. The molecular weight excluding hydrogens is 292 g/mol. The molecule has 1 aromatic rings. The SMILES string of the molecule is CCc1ccc(CC)c(NC(=O)C(=O)NC(CO)CC(C)C)c1. The van der Waals surface area contributed by atoms with E-state index in [0.717, 1.165) is 24.0 Å². The second-order valence-corrected chi connectivity index (χ2v) is 6.14. The van der Waals surface area contributed by atoms with Crippen LogP contribution in [0.15, 0.2) is 18.2 Å². The molecule has 0 aliphatic heterocycles. The van der Waals surface area contributed by atoms with Crippen molar-refractivity contribution >= 4 is 17.5 Å². The van der Waals surface area contributed by atoms with Crippen molar-refractivity contribution < 1.29 is 14.7 Å². The molecule has 0 spiro atoms. The summed E-state index contributed by atoms with van der Waals surface area (Å²) in [7, 11) is 0. The first kappa shape index (κ1) is 19.2. The van der Waals surface area contributed by atoms with E-state index < -0.39 is 17.9 Å². The van der Waals surface area contributed by atoms with Gasteiger partial charge in [0, 0.05) is 5.69 Å². The van der Waals surface area contributed by atoms with Gasteiger partial charge in [0.2, 0.25) is 0 Å². The summed E-state index contributed by atoms with van der Waals surface area (Å²) in [6.45, 7) is 7.86. The lowest BCUT2D eigenvalue weighted by Gasteiger charge is -2.18. The first-order valence-corrected chi connectivity index (χ1v) is 8.25. The number of anilines is 1. The van der Waals surface area contributed by atoms with E-state index in [1.54, 1.807) is 0 Å². The van der Waals surface area contributed by atoms with Crippen molar-refractivity contribution in [2.75, 3.05) is 11.9 Å². The number of nitrogens with one attached hydrogen (secondary N) is 2. The lowest BCUT2D eigenvalue weighted by atomic mass is 10.0. The molecule has 0 saturated heterocycles. The first-order valence-electron chi connectivity index (χ1n) is 8.25. The number of aliphatic hydroxyl groups excluding tert-OH is 1. The summed E-state index contributed by atoms with van der Waals surface area (Å²) in [5, 5.41) is 14.6. The molecule has 0 saturated carbocycles. The number of aliphatic hydroxyl groups is 1. The van der Waals surface area contributed by atoms with Crippen LogP contribution >= 0.6 is 0 Å². The normalized spacial score (nSPS) is 12.1. The highest BCUT2D eigenvalue weighted by Crippen LogP contribution is 2.19. The monoisotopic (exact) mass is 320 g/mol. The fourth-order valence-corrected chi connectivity index (χ4v) is 2.45. The minimum Gasteiger partial charge on any atom is -0.394 e. The molecule has 5 heteroatoms. The van der Waals surface area contributed by atoms with Gasteiger partial charge in [-0.3, -0.25) is 9.59 Å². The number of hydrogen-bond acceptors (Lipinski definition) is 3. The van der Waals surface area contributed by atoms with Gasteiger partial charge in [-0.2, -0.15) is 0 Å². The van der Waals surface area contributed by atoms with Gasteiger partial charge in [0.25, 0.3) is 0 Å². The molecule has 2 amide bonds. The Bertz CT molecular complexity index is 541. The Balaban J connectivity index is 2.76. The van der Waals surface area contributed by atoms with E-state index in [1.807, 2.05) is 45.9 Å². The molecular formula is C18H28N2O3. The third kappa shape index (κ3) is 6.02. The summed E-state index contributed by atoms with van der Waals surface area (Å²) < 4.78 is 0. The molecule has 1 aromatic carbocycles. The number of hydrogen-bond donors (Lipinski definition) is 3. The Morgan fingerprint density at radius 2 is 1.83 bits per heavy atom. The lowest BCUT2D eigenvalue weighted by Crippen LogP contribution is -2.44. The molecule has 3 N–H and O–H groups in total. The van der Waals surface area contributed by atoms with Crippen molar-refractivity contribution in [1.82, 2.24) is 5.32 Å². The van der Waals surface area contributed by atoms with E-state index in [1.165, 1.54) is 0 Å². The number of rotatable bonds is 7. The van der Waals surface area contributed by atoms with Crippen LogP contribution in [0.25, 0.3) is 0 Å². The minimum atomic E-state index is -0.714. The topological polar surface area (TPSA) is 78.4 Å². The van der Waals surface area contributed by atoms with E-state index >= 15 is 0 Å². The van der Waals surface area contributed by atoms with Gasteiger partial charge < -0.3 is 15.7 Å². The maximum Gasteiger partial charge on any atom is 0.313 e. The van der Waals surface area contributed by atoms with E-state index in [4.69, 9.17) is 0 Å². The minimum absolute atomic E-state index is 0.178. The average Bonchev–Trinajstić information content (AvgIpc) is 2.53. The summed E-state index contributed by atoms with van der Waals surface area (Å²) in [5.41, 5.74) is 2.77. The van der Waals surface area contributed by atoms with Crippen molar-refractivity contribution in [2.45, 2.75) is 53.0 Å². The molecule has 0 aliphatic rings. The third-order valence-electron chi connectivity index (χ3n) is 3.73. The fourth-order valence-electron chi connectivity index (χ4n) is 2.45. The number of aryl methyl sites for hydroxylation is 2. The van der Waals surface area contributed by atoms with Crippen LogP contribution in [0, 0.1) is 5.92 Å². The summed E-state index contributed by atoms with van der Waals surface area (Å²) in [6.07, 6.45) is 2.26. The van der Waals surface area contributed by atoms with Crippen LogP contribution in [-0.2, 0) is 22.4 Å². The van der Waals surface area contributed by atoms with Crippen LogP contribution in [-0.4, -0.2) is 29.6 Å². The zero-order chi connectivity index (χ0) is 17.4. The van der Waals surface area contributed by atoms with Crippen molar-refractivity contribution in [3.8, 4) is 0 Å². The third-order valence-corrected chi connectivity index (χ3v) is 3.73. The second kappa shape index (κ2) is 9.30. The van der Waals surface area contributed by atoms with Crippen molar-refractivity contribution in [3.63, 3.8) is 0 Å². The van der Waals surface area contributed by atoms with Crippen LogP contribution in [0.3, 0.4) is 0 Å². The molecule has 0 fully saturated rings. The van der Waals surface area contributed by atoms with Gasteiger partial charge in [-0.15, -0.1) is 0 Å². The van der Waals surface area contributed by atoms with Crippen LogP contribution in [0.1, 0.15) is 45.2 Å². The van der Waals surface area contributed by atoms with Crippen molar-refractivity contribution in [3.05, 3.63) is 29.3 Å². The summed E-state index contributed by atoms with van der Waals surface area (Å²) in [5.74, 6) is -1.09. The zero-order valence-corrected chi connectivity index (χ0v) is 14.5. The summed E-state index contributed by atoms with van der Waals surface area (Å²) >= 11 is 0. The van der Waals surface area contributed by atoms with E-state index in [2.05, 4.69) is 10.6 Å². The first-order chi connectivity index (χ1) is 10.9. The largest absolute Gasteiger partial charge is 0.394 e. The average molecular weight is 320 g/mol. The van der Waals surface area contributed by atoms with Gasteiger partial charge >= 0.3 is 11.8 Å². The molecule has 1 atom stereocenters. The second-order valence-electron chi connectivity index (χ2n) is 6.14. The Labute approximate surface area is 138 Å². The van der Waals surface area contributed by atoms with Crippen LogP contribution in [0.4, 0.5) is 5.69 Å². The summed E-state index contributed by atoms with van der Waals surface area (Å²) in [6, 6.07) is 5.50. The molecule has 0 heterocycles. The van der Waals surface area contributed by atoms with Gasteiger partial charge in [0.05, 0.1) is 12.6 Å². The molecule has 0 aromatic heterocycles. The highest BCUT2D eigenvalue weighted by Gasteiger charge is 2.20. The molecule has 128 valence electrons. The van der Waals surface area contributed by atoms with Gasteiger partial charge in [-0.25, -0.2) is 0 Å². The van der Waals surface area contributed by atoms with Crippen LogP contribution < -0.4 is 10.6 Å².